The van der Waals surface area contributed by atoms with Crippen LogP contribution >= 0.6 is 0 Å². The lowest BCUT2D eigenvalue weighted by atomic mass is 9.96. The van der Waals surface area contributed by atoms with Crippen LogP contribution in [0.4, 0.5) is 10.1 Å². The highest BCUT2D eigenvalue weighted by atomic mass is 19.1. The van der Waals surface area contributed by atoms with Crippen LogP contribution in [0.3, 0.4) is 0 Å². The predicted octanol–water partition coefficient (Wildman–Crippen LogP) is 1.38. The normalized spacial score (nSPS) is 29.6. The molecule has 0 aromatic heterocycles. The minimum absolute atomic E-state index is 0.228. The first kappa shape index (κ1) is 12.4. The van der Waals surface area contributed by atoms with Crippen molar-refractivity contribution in [3.8, 4) is 0 Å². The molecule has 1 amide bonds. The number of benzene rings is 1. The number of nitrogens with zero attached hydrogens (tertiary/aromatic N) is 1. The van der Waals surface area contributed by atoms with Crippen molar-refractivity contribution in [2.45, 2.75) is 43.8 Å². The Kier molecular flexibility index (Phi) is 2.93. The summed E-state index contributed by atoms with van der Waals surface area (Å²) in [5.41, 5.74) is 12.4. The fourth-order valence-corrected chi connectivity index (χ4v) is 3.54. The zero-order valence-electron chi connectivity index (χ0n) is 10.7. The van der Waals surface area contributed by atoms with Crippen LogP contribution in [0, 0.1) is 5.82 Å². The molecule has 2 atom stereocenters. The number of anilines is 1. The van der Waals surface area contributed by atoms with Gasteiger partial charge in [-0.2, -0.15) is 0 Å². The van der Waals surface area contributed by atoms with Crippen molar-refractivity contribution in [2.75, 3.05) is 4.90 Å². The number of halogens is 1. The van der Waals surface area contributed by atoms with Crippen LogP contribution in [-0.4, -0.2) is 24.0 Å². The van der Waals surface area contributed by atoms with Gasteiger partial charge in [0.1, 0.15) is 5.82 Å². The topological polar surface area (TPSA) is 72.4 Å². The zero-order valence-corrected chi connectivity index (χ0v) is 10.7. The maximum absolute atomic E-state index is 13.3. The van der Waals surface area contributed by atoms with E-state index in [0.717, 1.165) is 31.4 Å². The molecule has 19 heavy (non-hydrogen) atoms. The number of primary amides is 1. The first-order valence-corrected chi connectivity index (χ1v) is 6.69. The number of rotatable bonds is 2. The maximum atomic E-state index is 13.3. The Hall–Kier alpha value is -1.62. The van der Waals surface area contributed by atoms with Crippen LogP contribution < -0.4 is 16.4 Å². The number of carbonyl (C=O) groups excluding carboxylic acids is 1. The van der Waals surface area contributed by atoms with Crippen LogP contribution in [0.2, 0.25) is 0 Å². The van der Waals surface area contributed by atoms with Gasteiger partial charge in [0, 0.05) is 18.1 Å². The summed E-state index contributed by atoms with van der Waals surface area (Å²) in [4.78, 5) is 13.7. The Morgan fingerprint density at radius 1 is 1.26 bits per heavy atom. The molecule has 2 heterocycles. The van der Waals surface area contributed by atoms with Crippen molar-refractivity contribution in [3.05, 3.63) is 29.6 Å². The van der Waals surface area contributed by atoms with Crippen molar-refractivity contribution >= 4 is 11.6 Å². The highest BCUT2D eigenvalue weighted by molar-refractivity contribution is 5.98. The third-order valence-corrected chi connectivity index (χ3v) is 4.27. The second kappa shape index (κ2) is 4.49. The molecule has 102 valence electrons. The first-order valence-electron chi connectivity index (χ1n) is 6.69. The van der Waals surface area contributed by atoms with Gasteiger partial charge in [0.05, 0.1) is 11.3 Å². The van der Waals surface area contributed by atoms with E-state index in [1.165, 1.54) is 12.1 Å². The van der Waals surface area contributed by atoms with E-state index in [0.29, 0.717) is 12.1 Å². The molecule has 0 spiro atoms. The van der Waals surface area contributed by atoms with Crippen LogP contribution in [-0.2, 0) is 0 Å². The molecule has 1 aromatic rings. The van der Waals surface area contributed by atoms with Crippen molar-refractivity contribution in [2.24, 2.45) is 11.5 Å². The van der Waals surface area contributed by atoms with Crippen LogP contribution in [0.1, 0.15) is 36.0 Å². The number of hydrogen-bond acceptors (Lipinski definition) is 3. The summed E-state index contributed by atoms with van der Waals surface area (Å²) >= 11 is 0. The molecule has 2 fully saturated rings. The van der Waals surface area contributed by atoms with Gasteiger partial charge in [-0.3, -0.25) is 4.79 Å². The highest BCUT2D eigenvalue weighted by Gasteiger charge is 2.40. The molecule has 3 rings (SSSR count). The molecule has 2 saturated heterocycles. The third kappa shape index (κ3) is 2.08. The Bertz CT molecular complexity index is 505. The van der Waals surface area contributed by atoms with E-state index in [-0.39, 0.29) is 11.6 Å². The van der Waals surface area contributed by atoms with E-state index in [1.807, 2.05) is 0 Å². The zero-order chi connectivity index (χ0) is 13.6. The number of amides is 1. The van der Waals surface area contributed by atoms with Gasteiger partial charge >= 0.3 is 0 Å². The quantitative estimate of drug-likeness (QED) is 0.846. The van der Waals surface area contributed by atoms with Crippen LogP contribution in [0.5, 0.6) is 0 Å². The molecule has 5 heteroatoms. The Labute approximate surface area is 111 Å². The van der Waals surface area contributed by atoms with E-state index in [9.17, 15) is 9.18 Å². The van der Waals surface area contributed by atoms with E-state index in [1.54, 1.807) is 6.07 Å². The summed E-state index contributed by atoms with van der Waals surface area (Å²) < 4.78 is 13.3. The lowest BCUT2D eigenvalue weighted by molar-refractivity contribution is 0.1000. The Morgan fingerprint density at radius 2 is 1.89 bits per heavy atom. The average molecular weight is 263 g/mol. The molecule has 2 unspecified atom stereocenters. The van der Waals surface area contributed by atoms with E-state index in [2.05, 4.69) is 4.90 Å². The summed E-state index contributed by atoms with van der Waals surface area (Å²) in [7, 11) is 0. The van der Waals surface area contributed by atoms with Gasteiger partial charge in [-0.05, 0) is 43.9 Å². The molecule has 1 aromatic carbocycles. The first-order chi connectivity index (χ1) is 9.06. The molecular weight excluding hydrogens is 245 g/mol. The number of carbonyl (C=O) groups is 1. The van der Waals surface area contributed by atoms with Crippen LogP contribution in [0.15, 0.2) is 18.2 Å². The Balaban J connectivity index is 2.01. The Morgan fingerprint density at radius 3 is 2.47 bits per heavy atom. The van der Waals surface area contributed by atoms with Gasteiger partial charge in [0.2, 0.25) is 0 Å². The van der Waals surface area contributed by atoms with Crippen molar-refractivity contribution < 1.29 is 9.18 Å². The SMILES string of the molecule is NC(=O)c1cc(F)ccc1N1C2CCC1CC(N)C2. The minimum atomic E-state index is -0.580. The van der Waals surface area contributed by atoms with Crippen molar-refractivity contribution in [3.63, 3.8) is 0 Å². The molecule has 4 N–H and O–H groups in total. The van der Waals surface area contributed by atoms with Crippen molar-refractivity contribution in [1.29, 1.82) is 0 Å². The molecule has 0 aliphatic carbocycles. The minimum Gasteiger partial charge on any atom is -0.366 e. The lowest BCUT2D eigenvalue weighted by Crippen LogP contribution is -2.48. The molecular formula is C14H18FN3O. The van der Waals surface area contributed by atoms with E-state index in [4.69, 9.17) is 11.5 Å². The second-order valence-corrected chi connectivity index (χ2v) is 5.55. The van der Waals surface area contributed by atoms with Gasteiger partial charge in [0.15, 0.2) is 0 Å². The second-order valence-electron chi connectivity index (χ2n) is 5.55. The van der Waals surface area contributed by atoms with Gasteiger partial charge in [-0.25, -0.2) is 4.39 Å². The number of nitrogens with two attached hydrogens (primary N) is 2. The smallest absolute Gasteiger partial charge is 0.250 e. The molecule has 2 aliphatic rings. The summed E-state index contributed by atoms with van der Waals surface area (Å²) in [6.07, 6.45) is 4.00. The molecule has 4 nitrogen and oxygen atoms in total. The fourth-order valence-electron chi connectivity index (χ4n) is 3.54. The molecule has 2 bridgehead atoms. The molecule has 2 aliphatic heterocycles. The third-order valence-electron chi connectivity index (χ3n) is 4.27. The lowest BCUT2D eigenvalue weighted by Gasteiger charge is -2.40. The number of piperidine rings is 1. The van der Waals surface area contributed by atoms with Crippen LogP contribution in [0.25, 0.3) is 0 Å². The predicted molar refractivity (Wildman–Crippen MR) is 71.4 cm³/mol. The monoisotopic (exact) mass is 263 g/mol. The summed E-state index contributed by atoms with van der Waals surface area (Å²) in [5, 5.41) is 0. The highest BCUT2D eigenvalue weighted by Crippen LogP contribution is 2.40. The summed E-state index contributed by atoms with van der Waals surface area (Å²) in [6, 6.07) is 5.19. The molecule has 0 radical (unpaired) electrons. The van der Waals surface area contributed by atoms with Gasteiger partial charge in [-0.15, -0.1) is 0 Å². The van der Waals surface area contributed by atoms with Gasteiger partial charge in [-0.1, -0.05) is 0 Å². The van der Waals surface area contributed by atoms with Crippen molar-refractivity contribution in [1.82, 2.24) is 0 Å². The molecule has 0 saturated carbocycles. The number of hydrogen-bond donors (Lipinski definition) is 2. The number of fused-ring (bicyclic) bond motifs is 2. The average Bonchev–Trinajstić information content (AvgIpc) is 2.62. The standard InChI is InChI=1S/C14H18FN3O/c15-8-1-4-13(12(5-8)14(17)19)18-10-2-3-11(18)7-9(16)6-10/h1,4-5,9-11H,2-3,6-7,16H2,(H2,17,19). The van der Waals surface area contributed by atoms with Gasteiger partial charge in [0.25, 0.3) is 5.91 Å². The fraction of sp³-hybridized carbons (Fsp3) is 0.500. The van der Waals surface area contributed by atoms with E-state index >= 15 is 0 Å². The summed E-state index contributed by atoms with van der Waals surface area (Å²) in [6.45, 7) is 0. The van der Waals surface area contributed by atoms with Gasteiger partial charge < -0.3 is 16.4 Å². The summed E-state index contributed by atoms with van der Waals surface area (Å²) in [5.74, 6) is -1.01. The van der Waals surface area contributed by atoms with E-state index < -0.39 is 11.7 Å². The maximum Gasteiger partial charge on any atom is 0.250 e. The largest absolute Gasteiger partial charge is 0.366 e.